The van der Waals surface area contributed by atoms with Crippen LogP contribution in [0.4, 0.5) is 5.69 Å². The second kappa shape index (κ2) is 7.03. The molecule has 0 aliphatic rings. The zero-order valence-electron chi connectivity index (χ0n) is 11.9. The molecule has 0 saturated carbocycles. The Balaban J connectivity index is 2.04. The average Bonchev–Trinajstić information content (AvgIpc) is 2.93. The van der Waals surface area contributed by atoms with Crippen LogP contribution in [0.25, 0.3) is 11.5 Å². The van der Waals surface area contributed by atoms with Crippen LogP contribution in [0.1, 0.15) is 13.8 Å². The Bertz CT molecular complexity index is 686. The number of hydrogen-bond donors (Lipinski definition) is 0. The Morgan fingerprint density at radius 3 is 2.91 bits per heavy atom. The van der Waals surface area contributed by atoms with E-state index < -0.39 is 4.92 Å². The van der Waals surface area contributed by atoms with Crippen LogP contribution < -0.4 is 0 Å². The van der Waals surface area contributed by atoms with E-state index in [1.165, 1.54) is 18.2 Å². The van der Waals surface area contributed by atoms with Gasteiger partial charge in [0.05, 0.1) is 11.0 Å². The Morgan fingerprint density at radius 1 is 1.45 bits per heavy atom. The van der Waals surface area contributed by atoms with E-state index in [9.17, 15) is 14.9 Å². The van der Waals surface area contributed by atoms with Crippen LogP contribution in [0.2, 0.25) is 0 Å². The molecule has 1 aromatic carbocycles. The molecule has 1 aromatic heterocycles. The highest BCUT2D eigenvalue weighted by atomic mass is 32.2. The highest BCUT2D eigenvalue weighted by Crippen LogP contribution is 2.25. The number of aromatic nitrogens is 2. The number of hydrogen-bond acceptors (Lipinski definition) is 8. The summed E-state index contributed by atoms with van der Waals surface area (Å²) in [5, 5.41) is 18.5. The van der Waals surface area contributed by atoms with E-state index in [2.05, 4.69) is 10.2 Å². The van der Waals surface area contributed by atoms with E-state index in [4.69, 9.17) is 9.15 Å². The molecule has 0 aliphatic heterocycles. The van der Waals surface area contributed by atoms with E-state index in [1.807, 2.05) is 0 Å². The van der Waals surface area contributed by atoms with Crippen LogP contribution in [0.3, 0.4) is 0 Å². The van der Waals surface area contributed by atoms with Crippen molar-refractivity contribution in [3.63, 3.8) is 0 Å². The molecule has 0 bridgehead atoms. The highest BCUT2D eigenvalue weighted by molar-refractivity contribution is 7.99. The number of benzene rings is 1. The first-order valence-electron chi connectivity index (χ1n) is 6.36. The smallest absolute Gasteiger partial charge is 0.316 e. The number of thioether (sulfide) groups is 1. The van der Waals surface area contributed by atoms with Gasteiger partial charge >= 0.3 is 5.97 Å². The lowest BCUT2D eigenvalue weighted by atomic mass is 10.2. The molecule has 9 heteroatoms. The predicted octanol–water partition coefficient (Wildman–Crippen LogP) is 2.69. The van der Waals surface area contributed by atoms with Crippen molar-refractivity contribution in [2.45, 2.75) is 25.2 Å². The normalized spacial score (nSPS) is 10.7. The lowest BCUT2D eigenvalue weighted by molar-refractivity contribution is -0.384. The predicted molar refractivity (Wildman–Crippen MR) is 78.3 cm³/mol. The Labute approximate surface area is 130 Å². The zero-order chi connectivity index (χ0) is 16.1. The summed E-state index contributed by atoms with van der Waals surface area (Å²) in [6, 6.07) is 5.87. The first-order chi connectivity index (χ1) is 10.5. The molecule has 2 aromatic rings. The van der Waals surface area contributed by atoms with E-state index in [0.29, 0.717) is 5.56 Å². The number of carbonyl (C=O) groups is 1. The van der Waals surface area contributed by atoms with Gasteiger partial charge in [-0.05, 0) is 19.9 Å². The lowest BCUT2D eigenvalue weighted by Gasteiger charge is -2.05. The molecular weight excluding hydrogens is 310 g/mol. The first kappa shape index (κ1) is 16.0. The third-order valence-corrected chi connectivity index (χ3v) is 3.18. The van der Waals surface area contributed by atoms with Gasteiger partial charge in [-0.2, -0.15) is 0 Å². The Morgan fingerprint density at radius 2 is 2.23 bits per heavy atom. The van der Waals surface area contributed by atoms with Gasteiger partial charge in [-0.3, -0.25) is 14.9 Å². The van der Waals surface area contributed by atoms with E-state index >= 15 is 0 Å². The Kier molecular flexibility index (Phi) is 5.10. The van der Waals surface area contributed by atoms with Gasteiger partial charge in [0, 0.05) is 17.7 Å². The molecular formula is C13H13N3O5S. The van der Waals surface area contributed by atoms with Crippen molar-refractivity contribution in [3.05, 3.63) is 34.4 Å². The molecule has 0 saturated heterocycles. The second-order valence-electron chi connectivity index (χ2n) is 4.51. The van der Waals surface area contributed by atoms with Gasteiger partial charge in [0.1, 0.15) is 5.75 Å². The van der Waals surface area contributed by atoms with Crippen LogP contribution in [0, 0.1) is 10.1 Å². The van der Waals surface area contributed by atoms with Gasteiger partial charge in [0.2, 0.25) is 5.89 Å². The van der Waals surface area contributed by atoms with Crippen molar-refractivity contribution >= 4 is 23.4 Å². The van der Waals surface area contributed by atoms with Gasteiger partial charge in [-0.1, -0.05) is 17.8 Å². The third-order valence-electron chi connectivity index (χ3n) is 2.39. The molecule has 0 amide bonds. The maximum Gasteiger partial charge on any atom is 0.316 e. The number of rotatable bonds is 6. The van der Waals surface area contributed by atoms with Crippen molar-refractivity contribution in [1.82, 2.24) is 10.2 Å². The summed E-state index contributed by atoms with van der Waals surface area (Å²) in [7, 11) is 0. The minimum atomic E-state index is -0.503. The number of esters is 1. The molecule has 1 heterocycles. The maximum atomic E-state index is 11.4. The van der Waals surface area contributed by atoms with Crippen molar-refractivity contribution < 1.29 is 18.9 Å². The lowest BCUT2D eigenvalue weighted by Crippen LogP contribution is -2.13. The molecule has 22 heavy (non-hydrogen) atoms. The second-order valence-corrected chi connectivity index (χ2v) is 5.43. The molecule has 116 valence electrons. The number of ether oxygens (including phenoxy) is 1. The summed E-state index contributed by atoms with van der Waals surface area (Å²) in [6.45, 7) is 3.52. The van der Waals surface area contributed by atoms with Crippen molar-refractivity contribution in [3.8, 4) is 11.5 Å². The molecule has 0 radical (unpaired) electrons. The minimum absolute atomic E-state index is 0.0503. The SMILES string of the molecule is CC(C)OC(=O)CSc1nnc(-c2cccc([N+](=O)[O-])c2)o1. The van der Waals surface area contributed by atoms with Gasteiger partial charge in [0.25, 0.3) is 10.9 Å². The summed E-state index contributed by atoms with van der Waals surface area (Å²) >= 11 is 1.05. The largest absolute Gasteiger partial charge is 0.462 e. The van der Waals surface area contributed by atoms with Gasteiger partial charge in [0.15, 0.2) is 0 Å². The van der Waals surface area contributed by atoms with E-state index in [1.54, 1.807) is 19.9 Å². The average molecular weight is 323 g/mol. The molecule has 0 spiro atoms. The van der Waals surface area contributed by atoms with Crippen molar-refractivity contribution in [2.75, 3.05) is 5.75 Å². The third kappa shape index (κ3) is 4.29. The van der Waals surface area contributed by atoms with Crippen LogP contribution in [-0.2, 0) is 9.53 Å². The van der Waals surface area contributed by atoms with Gasteiger partial charge in [-0.25, -0.2) is 0 Å². The molecule has 0 N–H and O–H groups in total. The van der Waals surface area contributed by atoms with Gasteiger partial charge in [-0.15, -0.1) is 10.2 Å². The molecule has 2 rings (SSSR count). The highest BCUT2D eigenvalue weighted by Gasteiger charge is 2.14. The molecule has 0 fully saturated rings. The fourth-order valence-electron chi connectivity index (χ4n) is 1.55. The number of nitro benzene ring substituents is 1. The summed E-state index contributed by atoms with van der Waals surface area (Å²) in [6.07, 6.45) is -0.184. The minimum Gasteiger partial charge on any atom is -0.462 e. The number of non-ortho nitro benzene ring substituents is 1. The summed E-state index contributed by atoms with van der Waals surface area (Å²) in [5.41, 5.74) is 0.378. The van der Waals surface area contributed by atoms with Crippen LogP contribution in [0.15, 0.2) is 33.9 Å². The fraction of sp³-hybridized carbons (Fsp3) is 0.308. The van der Waals surface area contributed by atoms with Crippen LogP contribution in [0.5, 0.6) is 0 Å². The monoisotopic (exact) mass is 323 g/mol. The molecule has 8 nitrogen and oxygen atoms in total. The van der Waals surface area contributed by atoms with Crippen molar-refractivity contribution in [1.29, 1.82) is 0 Å². The quantitative estimate of drug-likeness (QED) is 0.345. The van der Waals surface area contributed by atoms with E-state index in [-0.39, 0.29) is 34.6 Å². The summed E-state index contributed by atoms with van der Waals surface area (Å²) < 4.78 is 10.4. The first-order valence-corrected chi connectivity index (χ1v) is 7.35. The van der Waals surface area contributed by atoms with Crippen LogP contribution in [-0.4, -0.2) is 32.9 Å². The Hall–Kier alpha value is -2.42. The van der Waals surface area contributed by atoms with Crippen molar-refractivity contribution in [2.24, 2.45) is 0 Å². The maximum absolute atomic E-state index is 11.4. The van der Waals surface area contributed by atoms with E-state index in [0.717, 1.165) is 11.8 Å². The molecule has 0 unspecified atom stereocenters. The fourth-order valence-corrected chi connectivity index (χ4v) is 2.10. The number of nitrogens with zero attached hydrogens (tertiary/aromatic N) is 3. The molecule has 0 atom stereocenters. The van der Waals surface area contributed by atoms with Crippen LogP contribution >= 0.6 is 11.8 Å². The molecule has 0 aliphatic carbocycles. The number of nitro groups is 1. The standard InChI is InChI=1S/C13H13N3O5S/c1-8(2)20-11(17)7-22-13-15-14-12(21-13)9-4-3-5-10(6-9)16(18)19/h3-6,8H,7H2,1-2H3. The van der Waals surface area contributed by atoms with Gasteiger partial charge < -0.3 is 9.15 Å². The summed E-state index contributed by atoms with van der Waals surface area (Å²) in [4.78, 5) is 21.7. The number of carbonyl (C=O) groups excluding carboxylic acids is 1. The summed E-state index contributed by atoms with van der Waals surface area (Å²) in [5.74, 6) is -0.173. The zero-order valence-corrected chi connectivity index (χ0v) is 12.7. The topological polar surface area (TPSA) is 108 Å².